The van der Waals surface area contributed by atoms with E-state index in [9.17, 15) is 4.79 Å². The van der Waals surface area contributed by atoms with Crippen LogP contribution in [0.25, 0.3) is 0 Å². The van der Waals surface area contributed by atoms with Crippen LogP contribution >= 0.6 is 38.9 Å². The molecule has 1 aromatic carbocycles. The fourth-order valence-corrected chi connectivity index (χ4v) is 2.56. The normalized spacial score (nSPS) is 10.2. The number of amides is 1. The molecule has 0 saturated carbocycles. The number of halogens is 2. The summed E-state index contributed by atoms with van der Waals surface area (Å²) in [6.45, 7) is 0. The predicted octanol–water partition coefficient (Wildman–Crippen LogP) is 3.25. The number of benzene rings is 1. The Labute approximate surface area is 121 Å². The van der Waals surface area contributed by atoms with E-state index in [1.807, 2.05) is 0 Å². The molecule has 8 heteroatoms. The third-order valence-corrected chi connectivity index (χ3v) is 3.84. The number of carbonyl (C=O) groups is 1. The van der Waals surface area contributed by atoms with Crippen LogP contribution in [-0.4, -0.2) is 23.2 Å². The minimum atomic E-state index is -0.308. The standard InChI is InChI=1S/C10H8BrClN4OS/c1-13-10-16-15-9(18-10)8(17)14-7-3-2-5(12)4-6(7)11/h2-4H,1H3,(H,13,16)(H,14,17). The summed E-state index contributed by atoms with van der Waals surface area (Å²) in [4.78, 5) is 11.9. The van der Waals surface area contributed by atoms with Gasteiger partial charge >= 0.3 is 0 Å². The lowest BCUT2D eigenvalue weighted by atomic mass is 10.3. The average Bonchev–Trinajstić information content (AvgIpc) is 2.81. The van der Waals surface area contributed by atoms with Crippen molar-refractivity contribution in [1.29, 1.82) is 0 Å². The molecule has 0 spiro atoms. The van der Waals surface area contributed by atoms with Crippen molar-refractivity contribution in [3.05, 3.63) is 32.7 Å². The molecule has 1 amide bonds. The number of anilines is 2. The van der Waals surface area contributed by atoms with Gasteiger partial charge in [-0.15, -0.1) is 10.2 Å². The van der Waals surface area contributed by atoms with Crippen molar-refractivity contribution in [1.82, 2.24) is 10.2 Å². The second-order valence-corrected chi connectivity index (χ2v) is 5.51. The number of hydrogen-bond acceptors (Lipinski definition) is 5. The first-order valence-electron chi connectivity index (χ1n) is 4.88. The van der Waals surface area contributed by atoms with Gasteiger partial charge < -0.3 is 10.6 Å². The molecule has 2 aromatic rings. The third kappa shape index (κ3) is 2.98. The molecule has 0 bridgehead atoms. The van der Waals surface area contributed by atoms with Gasteiger partial charge in [-0.25, -0.2) is 0 Å². The molecule has 0 fully saturated rings. The highest BCUT2D eigenvalue weighted by atomic mass is 79.9. The second kappa shape index (κ2) is 5.64. The van der Waals surface area contributed by atoms with E-state index in [1.54, 1.807) is 25.2 Å². The van der Waals surface area contributed by atoms with Gasteiger partial charge in [0, 0.05) is 16.5 Å². The molecule has 94 valence electrons. The molecular weight excluding hydrogens is 340 g/mol. The van der Waals surface area contributed by atoms with Crippen molar-refractivity contribution in [2.24, 2.45) is 0 Å². The van der Waals surface area contributed by atoms with Crippen LogP contribution in [0.5, 0.6) is 0 Å². The number of hydrogen-bond donors (Lipinski definition) is 2. The van der Waals surface area contributed by atoms with Crippen LogP contribution in [0.2, 0.25) is 5.02 Å². The van der Waals surface area contributed by atoms with E-state index in [1.165, 1.54) is 11.3 Å². The quantitative estimate of drug-likeness (QED) is 0.894. The maximum Gasteiger partial charge on any atom is 0.286 e. The topological polar surface area (TPSA) is 66.9 Å². The molecule has 0 aliphatic heterocycles. The molecule has 0 aliphatic rings. The van der Waals surface area contributed by atoms with E-state index in [0.29, 0.717) is 25.3 Å². The monoisotopic (exact) mass is 346 g/mol. The summed E-state index contributed by atoms with van der Waals surface area (Å²) in [7, 11) is 1.72. The zero-order valence-corrected chi connectivity index (χ0v) is 12.4. The van der Waals surface area contributed by atoms with E-state index in [-0.39, 0.29) is 5.91 Å². The zero-order valence-electron chi connectivity index (χ0n) is 9.20. The highest BCUT2D eigenvalue weighted by Gasteiger charge is 2.13. The van der Waals surface area contributed by atoms with Gasteiger partial charge in [0.15, 0.2) is 0 Å². The molecule has 1 aromatic heterocycles. The van der Waals surface area contributed by atoms with Crippen molar-refractivity contribution in [3.63, 3.8) is 0 Å². The summed E-state index contributed by atoms with van der Waals surface area (Å²) in [5.41, 5.74) is 0.630. The highest BCUT2D eigenvalue weighted by Crippen LogP contribution is 2.26. The van der Waals surface area contributed by atoms with Gasteiger partial charge in [-0.3, -0.25) is 4.79 Å². The van der Waals surface area contributed by atoms with Crippen LogP contribution in [0.1, 0.15) is 9.80 Å². The summed E-state index contributed by atoms with van der Waals surface area (Å²) in [5.74, 6) is -0.308. The van der Waals surface area contributed by atoms with Gasteiger partial charge in [0.1, 0.15) is 0 Å². The van der Waals surface area contributed by atoms with Crippen molar-refractivity contribution >= 4 is 55.6 Å². The Bertz CT molecular complexity index is 589. The minimum Gasteiger partial charge on any atom is -0.363 e. The lowest BCUT2D eigenvalue weighted by Crippen LogP contribution is -2.11. The SMILES string of the molecule is CNc1nnc(C(=O)Nc2ccc(Cl)cc2Br)s1. The van der Waals surface area contributed by atoms with Crippen molar-refractivity contribution < 1.29 is 4.79 Å². The Kier molecular flexibility index (Phi) is 4.15. The number of nitrogens with zero attached hydrogens (tertiary/aromatic N) is 2. The van der Waals surface area contributed by atoms with Crippen LogP contribution in [0.3, 0.4) is 0 Å². The molecular formula is C10H8BrClN4OS. The van der Waals surface area contributed by atoms with Crippen LogP contribution < -0.4 is 10.6 Å². The van der Waals surface area contributed by atoms with Crippen molar-refractivity contribution in [3.8, 4) is 0 Å². The molecule has 0 saturated heterocycles. The molecule has 2 N–H and O–H groups in total. The van der Waals surface area contributed by atoms with E-state index < -0.39 is 0 Å². The van der Waals surface area contributed by atoms with Crippen molar-refractivity contribution in [2.75, 3.05) is 17.7 Å². The van der Waals surface area contributed by atoms with Crippen molar-refractivity contribution in [2.45, 2.75) is 0 Å². The summed E-state index contributed by atoms with van der Waals surface area (Å²) >= 11 is 10.3. The Morgan fingerprint density at radius 2 is 2.22 bits per heavy atom. The van der Waals surface area contributed by atoms with Gasteiger partial charge in [0.25, 0.3) is 5.91 Å². The minimum absolute atomic E-state index is 0.293. The van der Waals surface area contributed by atoms with Gasteiger partial charge in [-0.1, -0.05) is 22.9 Å². The van der Waals surface area contributed by atoms with E-state index >= 15 is 0 Å². The van der Waals surface area contributed by atoms with Gasteiger partial charge in [0.05, 0.1) is 5.69 Å². The van der Waals surface area contributed by atoms with Crippen LogP contribution in [-0.2, 0) is 0 Å². The number of carbonyl (C=O) groups excluding carboxylic acids is 1. The van der Waals surface area contributed by atoms with Gasteiger partial charge in [-0.2, -0.15) is 0 Å². The van der Waals surface area contributed by atoms with Crippen LogP contribution in [0, 0.1) is 0 Å². The third-order valence-electron chi connectivity index (χ3n) is 2.01. The summed E-state index contributed by atoms with van der Waals surface area (Å²) in [6, 6.07) is 5.11. The van der Waals surface area contributed by atoms with Gasteiger partial charge in [0.2, 0.25) is 10.1 Å². The maximum atomic E-state index is 11.9. The fraction of sp³-hybridized carbons (Fsp3) is 0.100. The Hall–Kier alpha value is -1.18. The molecule has 0 atom stereocenters. The first kappa shape index (κ1) is 13.3. The molecule has 0 unspecified atom stereocenters. The first-order valence-corrected chi connectivity index (χ1v) is 6.86. The first-order chi connectivity index (χ1) is 8.60. The molecule has 5 nitrogen and oxygen atoms in total. The Balaban J connectivity index is 2.16. The summed E-state index contributed by atoms with van der Waals surface area (Å²) in [5, 5.41) is 14.6. The second-order valence-electron chi connectivity index (χ2n) is 3.24. The molecule has 1 heterocycles. The average molecular weight is 348 g/mol. The predicted molar refractivity (Wildman–Crippen MR) is 76.6 cm³/mol. The zero-order chi connectivity index (χ0) is 13.1. The van der Waals surface area contributed by atoms with Crippen LogP contribution in [0.15, 0.2) is 22.7 Å². The maximum absolute atomic E-state index is 11.9. The highest BCUT2D eigenvalue weighted by molar-refractivity contribution is 9.10. The molecule has 0 aliphatic carbocycles. The van der Waals surface area contributed by atoms with Gasteiger partial charge in [-0.05, 0) is 34.1 Å². The van der Waals surface area contributed by atoms with E-state index in [0.717, 1.165) is 0 Å². The smallest absolute Gasteiger partial charge is 0.286 e. The summed E-state index contributed by atoms with van der Waals surface area (Å²) < 4.78 is 0.710. The fourth-order valence-electron chi connectivity index (χ4n) is 1.18. The Morgan fingerprint density at radius 1 is 1.44 bits per heavy atom. The lowest BCUT2D eigenvalue weighted by Gasteiger charge is -2.05. The number of nitrogens with one attached hydrogen (secondary N) is 2. The number of aromatic nitrogens is 2. The molecule has 0 radical (unpaired) electrons. The lowest BCUT2D eigenvalue weighted by molar-refractivity contribution is 0.102. The Morgan fingerprint density at radius 3 is 2.83 bits per heavy atom. The molecule has 18 heavy (non-hydrogen) atoms. The van der Waals surface area contributed by atoms with Crippen LogP contribution in [0.4, 0.5) is 10.8 Å². The van der Waals surface area contributed by atoms with E-state index in [4.69, 9.17) is 11.6 Å². The summed E-state index contributed by atoms with van der Waals surface area (Å²) in [6.07, 6.45) is 0. The van der Waals surface area contributed by atoms with E-state index in [2.05, 4.69) is 36.8 Å². The number of rotatable bonds is 3. The largest absolute Gasteiger partial charge is 0.363 e. The molecule has 2 rings (SSSR count).